The molecule has 8 heteroatoms. The largest absolute Gasteiger partial charge is 0.478 e. The first-order valence-corrected chi connectivity index (χ1v) is 6.37. The minimum Gasteiger partial charge on any atom is -0.478 e. The van der Waals surface area contributed by atoms with Crippen molar-refractivity contribution in [3.8, 4) is 0 Å². The summed E-state index contributed by atoms with van der Waals surface area (Å²) in [5.41, 5.74) is -0.629. The van der Waals surface area contributed by atoms with E-state index in [0.29, 0.717) is 0 Å². The van der Waals surface area contributed by atoms with Crippen LogP contribution >= 0.6 is 23.2 Å². The first-order chi connectivity index (χ1) is 9.90. The Morgan fingerprint density at radius 3 is 2.33 bits per heavy atom. The third-order valence-electron chi connectivity index (χ3n) is 2.60. The van der Waals surface area contributed by atoms with Crippen molar-refractivity contribution in [3.05, 3.63) is 62.0 Å². The number of hydrogen-bond donors (Lipinski definition) is 3. The van der Waals surface area contributed by atoms with Gasteiger partial charge in [0.15, 0.2) is 0 Å². The van der Waals surface area contributed by atoms with Gasteiger partial charge in [-0.25, -0.2) is 4.79 Å². The van der Waals surface area contributed by atoms with Gasteiger partial charge in [-0.15, -0.1) is 0 Å². The number of amides is 1. The molecule has 0 aliphatic heterocycles. The third kappa shape index (κ3) is 3.24. The predicted octanol–water partition coefficient (Wildman–Crippen LogP) is 2.63. The van der Waals surface area contributed by atoms with Crippen LogP contribution in [0.4, 0.5) is 5.69 Å². The van der Waals surface area contributed by atoms with Gasteiger partial charge < -0.3 is 15.4 Å². The summed E-state index contributed by atoms with van der Waals surface area (Å²) in [7, 11) is 0. The Morgan fingerprint density at radius 2 is 1.76 bits per heavy atom. The zero-order valence-electron chi connectivity index (χ0n) is 10.3. The molecule has 0 fully saturated rings. The molecular formula is C13H8Cl2N2O4. The van der Waals surface area contributed by atoms with Crippen LogP contribution in [0.15, 0.2) is 35.3 Å². The van der Waals surface area contributed by atoms with E-state index in [4.69, 9.17) is 28.3 Å². The van der Waals surface area contributed by atoms with Crippen LogP contribution in [0.1, 0.15) is 20.7 Å². The number of aromatic amines is 1. The van der Waals surface area contributed by atoms with Crippen LogP contribution in [0.2, 0.25) is 10.0 Å². The van der Waals surface area contributed by atoms with Gasteiger partial charge >= 0.3 is 5.97 Å². The molecule has 6 nitrogen and oxygen atoms in total. The molecule has 0 aliphatic rings. The molecule has 0 atom stereocenters. The first kappa shape index (κ1) is 15.1. The fourth-order valence-corrected chi connectivity index (χ4v) is 2.06. The topological polar surface area (TPSA) is 99.3 Å². The highest BCUT2D eigenvalue weighted by Gasteiger charge is 2.20. The van der Waals surface area contributed by atoms with Gasteiger partial charge in [-0.2, -0.15) is 0 Å². The van der Waals surface area contributed by atoms with E-state index in [-0.39, 0.29) is 32.4 Å². The molecule has 0 spiro atoms. The number of carbonyl (C=O) groups excluding carboxylic acids is 1. The monoisotopic (exact) mass is 326 g/mol. The summed E-state index contributed by atoms with van der Waals surface area (Å²) >= 11 is 11.7. The molecule has 21 heavy (non-hydrogen) atoms. The number of pyridine rings is 1. The van der Waals surface area contributed by atoms with Crippen LogP contribution in [-0.4, -0.2) is 22.0 Å². The Balaban J connectivity index is 2.41. The van der Waals surface area contributed by atoms with Crippen LogP contribution in [-0.2, 0) is 0 Å². The number of rotatable bonds is 3. The van der Waals surface area contributed by atoms with Gasteiger partial charge in [0, 0.05) is 12.3 Å². The zero-order valence-corrected chi connectivity index (χ0v) is 11.8. The van der Waals surface area contributed by atoms with Crippen LogP contribution in [0.25, 0.3) is 0 Å². The average molecular weight is 327 g/mol. The van der Waals surface area contributed by atoms with Crippen molar-refractivity contribution >= 4 is 40.8 Å². The maximum absolute atomic E-state index is 12.0. The lowest BCUT2D eigenvalue weighted by Gasteiger charge is -2.11. The number of carboxylic acid groups (broad SMARTS) is 1. The number of hydrogen-bond acceptors (Lipinski definition) is 3. The normalized spacial score (nSPS) is 10.2. The fraction of sp³-hybridized carbons (Fsp3) is 0. The van der Waals surface area contributed by atoms with Gasteiger partial charge in [0.05, 0.1) is 21.3 Å². The van der Waals surface area contributed by atoms with Gasteiger partial charge in [0.1, 0.15) is 5.56 Å². The van der Waals surface area contributed by atoms with Crippen molar-refractivity contribution in [2.24, 2.45) is 0 Å². The minimum atomic E-state index is -1.32. The average Bonchev–Trinajstić information content (AvgIpc) is 2.43. The standard InChI is InChI=1S/C13H8Cl2N2O4/c14-7-2-3-8(15)11(10(7)13(20)21)17-12(19)6-1-4-9(18)16-5-6/h1-5H,(H,16,18)(H,17,19)(H,20,21). The molecule has 108 valence electrons. The van der Waals surface area contributed by atoms with Gasteiger partial charge in [0.25, 0.3) is 5.91 Å². The Labute approximate surface area is 128 Å². The van der Waals surface area contributed by atoms with E-state index in [1.54, 1.807) is 0 Å². The van der Waals surface area contributed by atoms with Crippen LogP contribution in [0.3, 0.4) is 0 Å². The number of nitrogens with one attached hydrogen (secondary N) is 2. The number of benzene rings is 1. The summed E-state index contributed by atoms with van der Waals surface area (Å²) in [4.78, 5) is 36.5. The Bertz CT molecular complexity index is 766. The second-order valence-electron chi connectivity index (χ2n) is 3.98. The summed E-state index contributed by atoms with van der Waals surface area (Å²) in [6, 6.07) is 5.17. The number of carbonyl (C=O) groups is 2. The Morgan fingerprint density at radius 1 is 1.10 bits per heavy atom. The number of aromatic carboxylic acids is 1. The molecule has 2 rings (SSSR count). The van der Waals surface area contributed by atoms with E-state index in [0.717, 1.165) is 0 Å². The van der Waals surface area contributed by atoms with Gasteiger partial charge in [-0.3, -0.25) is 9.59 Å². The van der Waals surface area contributed by atoms with Crippen molar-refractivity contribution in [3.63, 3.8) is 0 Å². The van der Waals surface area contributed by atoms with Crippen LogP contribution < -0.4 is 10.9 Å². The zero-order chi connectivity index (χ0) is 15.6. The Hall–Kier alpha value is -2.31. The summed E-state index contributed by atoms with van der Waals surface area (Å²) in [5.74, 6) is -1.95. The lowest BCUT2D eigenvalue weighted by Crippen LogP contribution is -2.17. The van der Waals surface area contributed by atoms with Crippen molar-refractivity contribution in [1.82, 2.24) is 4.98 Å². The van der Waals surface area contributed by atoms with E-state index in [9.17, 15) is 14.4 Å². The highest BCUT2D eigenvalue weighted by atomic mass is 35.5. The van der Waals surface area contributed by atoms with E-state index >= 15 is 0 Å². The molecule has 0 radical (unpaired) electrons. The highest BCUT2D eigenvalue weighted by Crippen LogP contribution is 2.32. The molecule has 0 unspecified atom stereocenters. The number of anilines is 1. The quantitative estimate of drug-likeness (QED) is 0.807. The predicted molar refractivity (Wildman–Crippen MR) is 78.4 cm³/mol. The molecule has 0 aliphatic carbocycles. The first-order valence-electron chi connectivity index (χ1n) is 5.61. The van der Waals surface area contributed by atoms with Crippen molar-refractivity contribution < 1.29 is 14.7 Å². The SMILES string of the molecule is O=C(Nc1c(Cl)ccc(Cl)c1C(=O)O)c1ccc(=O)[nH]c1. The molecule has 1 aromatic heterocycles. The van der Waals surface area contributed by atoms with E-state index in [1.165, 1.54) is 30.5 Å². The molecule has 0 saturated carbocycles. The molecule has 1 heterocycles. The van der Waals surface area contributed by atoms with Gasteiger partial charge in [-0.05, 0) is 18.2 Å². The molecule has 1 aromatic carbocycles. The molecule has 1 amide bonds. The van der Waals surface area contributed by atoms with Crippen molar-refractivity contribution in [2.45, 2.75) is 0 Å². The number of carboxylic acids is 1. The van der Waals surface area contributed by atoms with E-state index in [1.807, 2.05) is 0 Å². The number of aromatic nitrogens is 1. The van der Waals surface area contributed by atoms with Crippen molar-refractivity contribution in [2.75, 3.05) is 5.32 Å². The van der Waals surface area contributed by atoms with Gasteiger partial charge in [-0.1, -0.05) is 23.2 Å². The van der Waals surface area contributed by atoms with E-state index in [2.05, 4.69) is 10.3 Å². The maximum atomic E-state index is 12.0. The summed E-state index contributed by atoms with van der Waals surface area (Å²) < 4.78 is 0. The van der Waals surface area contributed by atoms with Crippen molar-refractivity contribution in [1.29, 1.82) is 0 Å². The molecule has 0 bridgehead atoms. The second kappa shape index (κ2) is 5.99. The van der Waals surface area contributed by atoms with Crippen LogP contribution in [0.5, 0.6) is 0 Å². The Kier molecular flexibility index (Phi) is 4.30. The lowest BCUT2D eigenvalue weighted by molar-refractivity contribution is 0.0698. The highest BCUT2D eigenvalue weighted by molar-refractivity contribution is 6.38. The minimum absolute atomic E-state index is 0.0366. The van der Waals surface area contributed by atoms with Gasteiger partial charge in [0.2, 0.25) is 5.56 Å². The van der Waals surface area contributed by atoms with Crippen LogP contribution in [0, 0.1) is 0 Å². The van der Waals surface area contributed by atoms with E-state index < -0.39 is 11.9 Å². The summed E-state index contributed by atoms with van der Waals surface area (Å²) in [5, 5.41) is 11.5. The number of halogens is 2. The number of H-pyrrole nitrogens is 1. The second-order valence-corrected chi connectivity index (χ2v) is 4.79. The smallest absolute Gasteiger partial charge is 0.339 e. The summed E-state index contributed by atoms with van der Waals surface area (Å²) in [6.07, 6.45) is 1.20. The molecule has 2 aromatic rings. The molecule has 3 N–H and O–H groups in total. The third-order valence-corrected chi connectivity index (χ3v) is 3.23. The molecule has 0 saturated heterocycles. The molecular weight excluding hydrogens is 319 g/mol. The lowest BCUT2D eigenvalue weighted by atomic mass is 10.1. The summed E-state index contributed by atoms with van der Waals surface area (Å²) in [6.45, 7) is 0. The fourth-order valence-electron chi connectivity index (χ4n) is 1.62. The maximum Gasteiger partial charge on any atom is 0.339 e.